The summed E-state index contributed by atoms with van der Waals surface area (Å²) in [6, 6.07) is 10.1. The van der Waals surface area contributed by atoms with Crippen molar-refractivity contribution in [2.45, 2.75) is 31.2 Å². The highest BCUT2D eigenvalue weighted by molar-refractivity contribution is 5.89. The lowest BCUT2D eigenvalue weighted by molar-refractivity contribution is -0.129. The number of imidazole rings is 1. The van der Waals surface area contributed by atoms with Crippen LogP contribution in [0.25, 0.3) is 0 Å². The first-order valence-electron chi connectivity index (χ1n) is 7.11. The number of carbonyl (C=O) groups is 1. The van der Waals surface area contributed by atoms with Crippen LogP contribution in [-0.4, -0.2) is 22.0 Å². The summed E-state index contributed by atoms with van der Waals surface area (Å²) in [4.78, 5) is 16.5. The molecule has 1 fully saturated rings. The van der Waals surface area contributed by atoms with E-state index in [1.807, 2.05) is 29.0 Å². The lowest BCUT2D eigenvalue weighted by atomic mass is 9.64. The van der Waals surface area contributed by atoms with Crippen molar-refractivity contribution < 1.29 is 4.79 Å². The van der Waals surface area contributed by atoms with Gasteiger partial charge < -0.3 is 9.88 Å². The van der Waals surface area contributed by atoms with Gasteiger partial charge >= 0.3 is 0 Å². The van der Waals surface area contributed by atoms with Crippen molar-refractivity contribution in [1.82, 2.24) is 14.9 Å². The molecule has 0 radical (unpaired) electrons. The first kappa shape index (κ1) is 12.9. The first-order valence-corrected chi connectivity index (χ1v) is 7.11. The van der Waals surface area contributed by atoms with Crippen molar-refractivity contribution >= 4 is 5.91 Å². The Bertz CT molecular complexity index is 559. The summed E-state index contributed by atoms with van der Waals surface area (Å²) in [5.41, 5.74) is 0.849. The normalized spacial score (nSPS) is 16.4. The maximum Gasteiger partial charge on any atom is 0.230 e. The smallest absolute Gasteiger partial charge is 0.230 e. The van der Waals surface area contributed by atoms with Crippen molar-refractivity contribution in [3.8, 4) is 0 Å². The molecule has 104 valence electrons. The topological polar surface area (TPSA) is 46.9 Å². The molecule has 0 spiro atoms. The summed E-state index contributed by atoms with van der Waals surface area (Å²) in [5, 5.41) is 3.07. The van der Waals surface area contributed by atoms with Crippen LogP contribution >= 0.6 is 0 Å². The van der Waals surface area contributed by atoms with E-state index in [1.54, 1.807) is 12.5 Å². The lowest BCUT2D eigenvalue weighted by Crippen LogP contribution is -2.49. The Morgan fingerprint density at radius 1 is 1.30 bits per heavy atom. The summed E-state index contributed by atoms with van der Waals surface area (Å²) < 4.78 is 1.97. The highest BCUT2D eigenvalue weighted by atomic mass is 16.2. The van der Waals surface area contributed by atoms with E-state index in [0.717, 1.165) is 31.4 Å². The number of amides is 1. The Labute approximate surface area is 118 Å². The number of aromatic nitrogens is 2. The molecule has 1 saturated carbocycles. The predicted octanol–water partition coefficient (Wildman–Crippen LogP) is 2.12. The van der Waals surface area contributed by atoms with Crippen LogP contribution in [0.3, 0.4) is 0 Å². The summed E-state index contributed by atoms with van der Waals surface area (Å²) in [6.45, 7) is 1.40. The number of benzene rings is 1. The van der Waals surface area contributed by atoms with Crippen molar-refractivity contribution in [3.05, 3.63) is 54.6 Å². The number of nitrogens with zero attached hydrogens (tertiary/aromatic N) is 2. The molecule has 20 heavy (non-hydrogen) atoms. The van der Waals surface area contributed by atoms with Crippen LogP contribution in [0.2, 0.25) is 0 Å². The SMILES string of the molecule is O=C(NCCn1ccnc1)C1(c2ccccc2)CCC1. The number of hydrogen-bond donors (Lipinski definition) is 1. The van der Waals surface area contributed by atoms with Gasteiger partial charge in [0, 0.05) is 25.5 Å². The van der Waals surface area contributed by atoms with E-state index in [1.165, 1.54) is 0 Å². The molecular formula is C16H19N3O. The fourth-order valence-corrected chi connectivity index (χ4v) is 2.82. The average molecular weight is 269 g/mol. The molecule has 2 aromatic rings. The third kappa shape index (κ3) is 2.33. The number of rotatable bonds is 5. The average Bonchev–Trinajstić information content (AvgIpc) is 2.92. The Balaban J connectivity index is 1.63. The van der Waals surface area contributed by atoms with Gasteiger partial charge in [0.05, 0.1) is 11.7 Å². The Morgan fingerprint density at radius 3 is 2.70 bits per heavy atom. The van der Waals surface area contributed by atoms with Crippen LogP contribution in [0.1, 0.15) is 24.8 Å². The zero-order chi connectivity index (χ0) is 13.8. The Morgan fingerprint density at radius 2 is 2.10 bits per heavy atom. The molecule has 0 aliphatic heterocycles. The van der Waals surface area contributed by atoms with Gasteiger partial charge in [-0.05, 0) is 18.4 Å². The van der Waals surface area contributed by atoms with Gasteiger partial charge in [0.2, 0.25) is 5.91 Å². The van der Waals surface area contributed by atoms with Crippen LogP contribution in [0.4, 0.5) is 0 Å². The van der Waals surface area contributed by atoms with Gasteiger partial charge in [-0.15, -0.1) is 0 Å². The molecule has 0 unspecified atom stereocenters. The van der Waals surface area contributed by atoms with E-state index in [4.69, 9.17) is 0 Å². The second-order valence-corrected chi connectivity index (χ2v) is 5.36. The van der Waals surface area contributed by atoms with E-state index in [2.05, 4.69) is 22.4 Å². The number of carbonyl (C=O) groups excluding carboxylic acids is 1. The van der Waals surface area contributed by atoms with Gasteiger partial charge in [0.1, 0.15) is 0 Å². The number of hydrogen-bond acceptors (Lipinski definition) is 2. The van der Waals surface area contributed by atoms with Gasteiger partial charge in [-0.3, -0.25) is 4.79 Å². The Kier molecular flexibility index (Phi) is 3.54. The third-order valence-corrected chi connectivity index (χ3v) is 4.18. The minimum atomic E-state index is -0.295. The molecule has 1 aliphatic carbocycles. The fourth-order valence-electron chi connectivity index (χ4n) is 2.82. The minimum absolute atomic E-state index is 0.162. The molecule has 0 bridgehead atoms. The van der Waals surface area contributed by atoms with Gasteiger partial charge in [-0.1, -0.05) is 36.8 Å². The molecule has 1 heterocycles. The van der Waals surface area contributed by atoms with Gasteiger partial charge in [-0.25, -0.2) is 4.98 Å². The first-order chi connectivity index (χ1) is 9.81. The van der Waals surface area contributed by atoms with Crippen LogP contribution in [0, 0.1) is 0 Å². The standard InChI is InChI=1S/C16H19N3O/c20-15(18-10-12-19-11-9-17-13-19)16(7-4-8-16)14-5-2-1-3-6-14/h1-3,5-6,9,11,13H,4,7-8,10,12H2,(H,18,20). The third-order valence-electron chi connectivity index (χ3n) is 4.18. The van der Waals surface area contributed by atoms with E-state index >= 15 is 0 Å². The molecule has 1 aliphatic rings. The van der Waals surface area contributed by atoms with Gasteiger partial charge in [0.25, 0.3) is 0 Å². The molecule has 1 aromatic heterocycles. The molecule has 4 heteroatoms. The van der Waals surface area contributed by atoms with E-state index in [9.17, 15) is 4.79 Å². The van der Waals surface area contributed by atoms with Crippen molar-refractivity contribution in [3.63, 3.8) is 0 Å². The van der Waals surface area contributed by atoms with Crippen molar-refractivity contribution in [2.75, 3.05) is 6.54 Å². The monoisotopic (exact) mass is 269 g/mol. The van der Waals surface area contributed by atoms with Gasteiger partial charge in [0.15, 0.2) is 0 Å². The fraction of sp³-hybridized carbons (Fsp3) is 0.375. The van der Waals surface area contributed by atoms with Crippen molar-refractivity contribution in [1.29, 1.82) is 0 Å². The molecule has 4 nitrogen and oxygen atoms in total. The molecule has 1 N–H and O–H groups in total. The molecular weight excluding hydrogens is 250 g/mol. The molecule has 0 saturated heterocycles. The summed E-state index contributed by atoms with van der Waals surface area (Å²) in [7, 11) is 0. The summed E-state index contributed by atoms with van der Waals surface area (Å²) in [6.07, 6.45) is 8.45. The van der Waals surface area contributed by atoms with Crippen molar-refractivity contribution in [2.24, 2.45) is 0 Å². The quantitative estimate of drug-likeness (QED) is 0.903. The maximum atomic E-state index is 12.5. The molecule has 1 aromatic carbocycles. The molecule has 1 amide bonds. The highest BCUT2D eigenvalue weighted by Crippen LogP contribution is 2.43. The molecule has 0 atom stereocenters. The van der Waals surface area contributed by atoms with E-state index in [-0.39, 0.29) is 11.3 Å². The summed E-state index contributed by atoms with van der Waals surface area (Å²) >= 11 is 0. The Hall–Kier alpha value is -2.10. The predicted molar refractivity (Wildman–Crippen MR) is 77.2 cm³/mol. The zero-order valence-electron chi connectivity index (χ0n) is 11.5. The van der Waals surface area contributed by atoms with Crippen LogP contribution in [-0.2, 0) is 16.8 Å². The largest absolute Gasteiger partial charge is 0.354 e. The number of nitrogens with one attached hydrogen (secondary N) is 1. The lowest BCUT2D eigenvalue weighted by Gasteiger charge is -2.40. The second-order valence-electron chi connectivity index (χ2n) is 5.36. The zero-order valence-corrected chi connectivity index (χ0v) is 11.5. The van der Waals surface area contributed by atoms with E-state index in [0.29, 0.717) is 6.54 Å². The van der Waals surface area contributed by atoms with Crippen LogP contribution in [0.15, 0.2) is 49.1 Å². The van der Waals surface area contributed by atoms with Gasteiger partial charge in [-0.2, -0.15) is 0 Å². The summed E-state index contributed by atoms with van der Waals surface area (Å²) in [5.74, 6) is 0.162. The molecule has 3 rings (SSSR count). The van der Waals surface area contributed by atoms with E-state index < -0.39 is 0 Å². The second kappa shape index (κ2) is 5.49. The van der Waals surface area contributed by atoms with Crippen LogP contribution < -0.4 is 5.32 Å². The maximum absolute atomic E-state index is 12.5. The highest BCUT2D eigenvalue weighted by Gasteiger charge is 2.45. The minimum Gasteiger partial charge on any atom is -0.354 e. The van der Waals surface area contributed by atoms with Crippen LogP contribution in [0.5, 0.6) is 0 Å².